The molecule has 1 aromatic carbocycles. The van der Waals surface area contributed by atoms with Gasteiger partial charge in [0.1, 0.15) is 16.7 Å². The van der Waals surface area contributed by atoms with Crippen LogP contribution < -0.4 is 16.0 Å². The van der Waals surface area contributed by atoms with Crippen LogP contribution in [0.2, 0.25) is 5.02 Å². The predicted octanol–water partition coefficient (Wildman–Crippen LogP) is 1.32. The Hall–Kier alpha value is -3.19. The molecule has 3 rings (SSSR count). The number of hydrogen-bond acceptors (Lipinski definition) is 7. The van der Waals surface area contributed by atoms with E-state index in [1.165, 1.54) is 18.9 Å². The summed E-state index contributed by atoms with van der Waals surface area (Å²) >= 11 is 5.97. The molecule has 1 aliphatic rings. The van der Waals surface area contributed by atoms with Crippen LogP contribution in [-0.4, -0.2) is 58.4 Å². The van der Waals surface area contributed by atoms with Gasteiger partial charge >= 0.3 is 11.8 Å². The van der Waals surface area contributed by atoms with Gasteiger partial charge in [-0.05, 0) is 39.8 Å². The van der Waals surface area contributed by atoms with Crippen molar-refractivity contribution in [1.29, 1.82) is 0 Å². The van der Waals surface area contributed by atoms with Gasteiger partial charge in [0.15, 0.2) is 0 Å². The number of amides is 2. The van der Waals surface area contributed by atoms with Crippen LogP contribution in [0.5, 0.6) is 0 Å². The van der Waals surface area contributed by atoms with Crippen molar-refractivity contribution in [1.82, 2.24) is 18.8 Å². The standard InChI is InChI=1S/C21H24ClFN4O7S/c1-11-6-17(28)27(19(30)25(11)5)16-7-13(14(22)8-15(16)23)18(29)24-35(32,33)12-9-26(10-12)20(31)34-21(2,3)4/h6-8,12H,9-10H2,1-5H3,(H,24,29). The Morgan fingerprint density at radius 3 is 2.34 bits per heavy atom. The highest BCUT2D eigenvalue weighted by Gasteiger charge is 2.42. The molecule has 0 atom stereocenters. The van der Waals surface area contributed by atoms with Crippen molar-refractivity contribution in [2.75, 3.05) is 13.1 Å². The zero-order chi connectivity index (χ0) is 26.5. The van der Waals surface area contributed by atoms with Crippen LogP contribution in [0.15, 0.2) is 27.8 Å². The number of sulfonamides is 1. The summed E-state index contributed by atoms with van der Waals surface area (Å²) in [6.07, 6.45) is -0.688. The Morgan fingerprint density at radius 2 is 1.77 bits per heavy atom. The molecule has 11 nitrogen and oxygen atoms in total. The number of carbonyl (C=O) groups is 2. The number of hydrogen-bond donors (Lipinski definition) is 1. The monoisotopic (exact) mass is 530 g/mol. The smallest absolute Gasteiger partial charge is 0.410 e. The number of carbonyl (C=O) groups excluding carboxylic acids is 2. The summed E-state index contributed by atoms with van der Waals surface area (Å²) < 4.78 is 48.5. The lowest BCUT2D eigenvalue weighted by molar-refractivity contribution is 0.0138. The van der Waals surface area contributed by atoms with Gasteiger partial charge in [-0.2, -0.15) is 0 Å². The fourth-order valence-electron chi connectivity index (χ4n) is 3.22. The van der Waals surface area contributed by atoms with Gasteiger partial charge in [0, 0.05) is 31.9 Å². The van der Waals surface area contributed by atoms with Gasteiger partial charge in [-0.3, -0.25) is 9.59 Å². The van der Waals surface area contributed by atoms with Crippen LogP contribution >= 0.6 is 11.6 Å². The molecule has 1 saturated heterocycles. The van der Waals surface area contributed by atoms with E-state index in [1.807, 2.05) is 4.72 Å². The van der Waals surface area contributed by atoms with Gasteiger partial charge in [-0.1, -0.05) is 11.6 Å². The highest BCUT2D eigenvalue weighted by Crippen LogP contribution is 2.24. The van der Waals surface area contributed by atoms with Crippen molar-refractivity contribution < 1.29 is 27.1 Å². The molecule has 35 heavy (non-hydrogen) atoms. The van der Waals surface area contributed by atoms with Crippen LogP contribution in [0, 0.1) is 12.7 Å². The van der Waals surface area contributed by atoms with E-state index < -0.39 is 66.2 Å². The Labute approximate surface area is 205 Å². The number of benzene rings is 1. The van der Waals surface area contributed by atoms with E-state index in [0.717, 1.165) is 16.7 Å². The van der Waals surface area contributed by atoms with Crippen molar-refractivity contribution in [3.8, 4) is 5.69 Å². The maximum absolute atomic E-state index is 14.6. The average Bonchev–Trinajstić information content (AvgIpc) is 2.64. The highest BCUT2D eigenvalue weighted by atomic mass is 35.5. The van der Waals surface area contributed by atoms with Crippen LogP contribution in [0.25, 0.3) is 5.69 Å². The first-order chi connectivity index (χ1) is 16.0. The summed E-state index contributed by atoms with van der Waals surface area (Å²) in [7, 11) is -2.87. The SMILES string of the molecule is Cc1cc(=O)n(-c2cc(C(=O)NS(=O)(=O)C3CN(C(=O)OC(C)(C)C)C3)c(Cl)cc2F)c(=O)n1C. The molecule has 0 radical (unpaired) electrons. The molecular formula is C21H24ClFN4O7S. The molecule has 2 amide bonds. The number of rotatable bonds is 4. The van der Waals surface area contributed by atoms with Gasteiger partial charge in [0.05, 0.1) is 16.3 Å². The second-order valence-electron chi connectivity index (χ2n) is 9.07. The second-order valence-corrected chi connectivity index (χ2v) is 11.4. The van der Waals surface area contributed by atoms with E-state index in [-0.39, 0.29) is 13.1 Å². The number of likely N-dealkylation sites (tertiary alicyclic amines) is 1. The predicted molar refractivity (Wildman–Crippen MR) is 125 cm³/mol. The van der Waals surface area contributed by atoms with Crippen molar-refractivity contribution in [3.05, 3.63) is 61.1 Å². The van der Waals surface area contributed by atoms with E-state index in [0.29, 0.717) is 16.3 Å². The van der Waals surface area contributed by atoms with E-state index in [9.17, 15) is 32.0 Å². The quantitative estimate of drug-likeness (QED) is 0.629. The van der Waals surface area contributed by atoms with Crippen molar-refractivity contribution in [3.63, 3.8) is 0 Å². The summed E-state index contributed by atoms with van der Waals surface area (Å²) in [6.45, 7) is 6.12. The molecule has 2 aromatic rings. The zero-order valence-electron chi connectivity index (χ0n) is 19.6. The molecule has 2 heterocycles. The minimum absolute atomic E-state index is 0.200. The van der Waals surface area contributed by atoms with Gasteiger partial charge in [0.25, 0.3) is 11.5 Å². The topological polar surface area (TPSA) is 137 Å². The fourth-order valence-corrected chi connectivity index (χ4v) is 4.74. The lowest BCUT2D eigenvalue weighted by Crippen LogP contribution is -2.60. The molecule has 190 valence electrons. The second kappa shape index (κ2) is 9.11. The third kappa shape index (κ3) is 5.40. The van der Waals surface area contributed by atoms with Gasteiger partial charge in [-0.25, -0.2) is 31.7 Å². The minimum atomic E-state index is -4.25. The number of aromatic nitrogens is 2. The van der Waals surface area contributed by atoms with Crippen molar-refractivity contribution >= 4 is 33.6 Å². The maximum Gasteiger partial charge on any atom is 0.410 e. The van der Waals surface area contributed by atoms with Gasteiger partial charge < -0.3 is 14.2 Å². The highest BCUT2D eigenvalue weighted by molar-refractivity contribution is 7.90. The molecule has 14 heteroatoms. The molecular weight excluding hydrogens is 507 g/mol. The first-order valence-corrected chi connectivity index (χ1v) is 12.3. The van der Waals surface area contributed by atoms with E-state index in [4.69, 9.17) is 16.3 Å². The summed E-state index contributed by atoms with van der Waals surface area (Å²) in [5.74, 6) is -2.26. The molecule has 1 N–H and O–H groups in total. The molecule has 0 unspecified atom stereocenters. The first kappa shape index (κ1) is 26.4. The van der Waals surface area contributed by atoms with E-state index in [1.54, 1.807) is 20.8 Å². The third-order valence-corrected chi connectivity index (χ3v) is 7.21. The summed E-state index contributed by atoms with van der Waals surface area (Å²) in [5, 5.41) is -1.52. The van der Waals surface area contributed by atoms with Crippen LogP contribution in [0.3, 0.4) is 0 Å². The molecule has 1 aromatic heterocycles. The zero-order valence-corrected chi connectivity index (χ0v) is 21.2. The van der Waals surface area contributed by atoms with Crippen LogP contribution in [-0.2, 0) is 21.8 Å². The molecule has 0 bridgehead atoms. The number of nitrogens with one attached hydrogen (secondary N) is 1. The molecule has 0 spiro atoms. The van der Waals surface area contributed by atoms with Gasteiger partial charge in [-0.15, -0.1) is 0 Å². The first-order valence-electron chi connectivity index (χ1n) is 10.3. The van der Waals surface area contributed by atoms with E-state index in [2.05, 4.69) is 0 Å². The number of ether oxygens (including phenoxy) is 1. The lowest BCUT2D eigenvalue weighted by atomic mass is 10.1. The normalized spacial score (nSPS) is 14.4. The Balaban J connectivity index is 1.85. The molecule has 0 aliphatic carbocycles. The Bertz CT molecular complexity index is 1440. The Kier molecular flexibility index (Phi) is 6.88. The van der Waals surface area contributed by atoms with Crippen LogP contribution in [0.4, 0.5) is 9.18 Å². The van der Waals surface area contributed by atoms with Gasteiger partial charge in [0.2, 0.25) is 10.0 Å². The summed E-state index contributed by atoms with van der Waals surface area (Å²) in [6, 6.07) is 2.64. The maximum atomic E-state index is 14.6. The molecule has 1 fully saturated rings. The molecule has 0 saturated carbocycles. The van der Waals surface area contributed by atoms with E-state index >= 15 is 0 Å². The number of aryl methyl sites for hydroxylation is 1. The number of nitrogens with zero attached hydrogens (tertiary/aromatic N) is 3. The summed E-state index contributed by atoms with van der Waals surface area (Å²) in [4.78, 5) is 50.9. The Morgan fingerprint density at radius 1 is 1.17 bits per heavy atom. The lowest BCUT2D eigenvalue weighted by Gasteiger charge is -2.38. The van der Waals surface area contributed by atoms with Crippen molar-refractivity contribution in [2.24, 2.45) is 7.05 Å². The van der Waals surface area contributed by atoms with Crippen LogP contribution in [0.1, 0.15) is 36.8 Å². The molecule has 1 aliphatic heterocycles. The summed E-state index contributed by atoms with van der Waals surface area (Å²) in [5.41, 5.74) is -3.18. The minimum Gasteiger partial charge on any atom is -0.444 e. The largest absolute Gasteiger partial charge is 0.444 e. The number of halogens is 2. The average molecular weight is 531 g/mol. The van der Waals surface area contributed by atoms with Crippen molar-refractivity contribution in [2.45, 2.75) is 38.5 Å². The third-order valence-electron chi connectivity index (χ3n) is 5.26. The fraction of sp³-hybridized carbons (Fsp3) is 0.429.